The van der Waals surface area contributed by atoms with Crippen molar-refractivity contribution in [2.45, 2.75) is 24.6 Å². The number of likely N-dealkylation sites (N-methyl/N-ethyl adjacent to an activating group) is 1. The van der Waals surface area contributed by atoms with E-state index in [4.69, 9.17) is 19.9 Å². The highest BCUT2D eigenvalue weighted by Crippen LogP contribution is 2.32. The molecule has 6 nitrogen and oxygen atoms in total. The van der Waals surface area contributed by atoms with Gasteiger partial charge in [0.25, 0.3) is 0 Å². The number of halogens is 3. The fourth-order valence-electron chi connectivity index (χ4n) is 3.26. The minimum absolute atomic E-state index is 0.237. The maximum absolute atomic E-state index is 10.6. The summed E-state index contributed by atoms with van der Waals surface area (Å²) in [5.74, 6) is -2.76. The van der Waals surface area contributed by atoms with Gasteiger partial charge in [-0.3, -0.25) is 4.90 Å². The third-order valence-corrected chi connectivity index (χ3v) is 5.05. The normalized spacial score (nSPS) is 19.7. The Morgan fingerprint density at radius 1 is 1.22 bits per heavy atom. The minimum atomic E-state index is -5.08. The molecular weight excluding hydrogens is 363 g/mol. The number of carboxylic acids is 1. The van der Waals surface area contributed by atoms with Crippen LogP contribution in [0.15, 0.2) is 24.3 Å². The molecular formula is C18H22F3N3O3. The Labute approximate surface area is 155 Å². The van der Waals surface area contributed by atoms with Gasteiger partial charge in [-0.25, -0.2) is 4.79 Å². The molecule has 0 aromatic heterocycles. The highest BCUT2D eigenvalue weighted by molar-refractivity contribution is 5.73. The summed E-state index contributed by atoms with van der Waals surface area (Å²) in [7, 11) is 2.22. The fraction of sp³-hybridized carbons (Fsp3) is 0.556. The Hall–Kier alpha value is -2.31. The molecule has 2 saturated heterocycles. The Balaban J connectivity index is 0.000000321. The van der Waals surface area contributed by atoms with Crippen LogP contribution in [-0.4, -0.2) is 67.6 Å². The average Bonchev–Trinajstić information content (AvgIpc) is 2.65. The molecule has 1 spiro atoms. The number of anilines is 1. The fourth-order valence-corrected chi connectivity index (χ4v) is 3.26. The number of carboxylic acid groups (broad SMARTS) is 1. The summed E-state index contributed by atoms with van der Waals surface area (Å²) in [5.41, 5.74) is 2.18. The zero-order valence-corrected chi connectivity index (χ0v) is 15.0. The lowest BCUT2D eigenvalue weighted by Gasteiger charge is -2.50. The molecule has 0 radical (unpaired) electrons. The van der Waals surface area contributed by atoms with E-state index in [0.29, 0.717) is 0 Å². The number of rotatable bonds is 1. The number of morpholine rings is 1. The number of aliphatic carboxylic acids is 1. The summed E-state index contributed by atoms with van der Waals surface area (Å²) < 4.78 is 37.4. The van der Waals surface area contributed by atoms with Crippen LogP contribution >= 0.6 is 0 Å². The summed E-state index contributed by atoms with van der Waals surface area (Å²) in [6.07, 6.45) is -2.80. The number of hydrogen-bond donors (Lipinski definition) is 1. The predicted molar refractivity (Wildman–Crippen MR) is 92.5 cm³/mol. The van der Waals surface area contributed by atoms with Crippen molar-refractivity contribution in [3.63, 3.8) is 0 Å². The molecule has 0 amide bonds. The van der Waals surface area contributed by atoms with E-state index in [-0.39, 0.29) is 5.54 Å². The second kappa shape index (κ2) is 8.59. The zero-order valence-electron chi connectivity index (χ0n) is 15.0. The lowest BCUT2D eigenvalue weighted by atomic mass is 9.85. The summed E-state index contributed by atoms with van der Waals surface area (Å²) in [6, 6.07) is 10.1. The first-order valence-corrected chi connectivity index (χ1v) is 8.52. The summed E-state index contributed by atoms with van der Waals surface area (Å²) in [4.78, 5) is 13.8. The maximum atomic E-state index is 10.6. The van der Waals surface area contributed by atoms with Crippen molar-refractivity contribution in [1.29, 1.82) is 5.26 Å². The summed E-state index contributed by atoms with van der Waals surface area (Å²) in [5, 5.41) is 16.0. The number of piperidine rings is 1. The second-order valence-corrected chi connectivity index (χ2v) is 6.65. The first-order chi connectivity index (χ1) is 12.7. The van der Waals surface area contributed by atoms with Crippen LogP contribution in [0.1, 0.15) is 18.4 Å². The van der Waals surface area contributed by atoms with Gasteiger partial charge in [0.1, 0.15) is 0 Å². The lowest BCUT2D eigenvalue weighted by molar-refractivity contribution is -0.192. The molecule has 0 aliphatic carbocycles. The number of hydrogen-bond acceptors (Lipinski definition) is 5. The molecule has 2 aliphatic rings. The van der Waals surface area contributed by atoms with Gasteiger partial charge >= 0.3 is 12.1 Å². The van der Waals surface area contributed by atoms with Crippen molar-refractivity contribution in [2.24, 2.45) is 0 Å². The number of ether oxygens (including phenoxy) is 1. The standard InChI is InChI=1S/C16H21N3O.C2HF3O2/c1-18-10-11-20-13-16(18)6-8-19(9-7-16)15-4-2-14(12-17)3-5-15;3-2(4,5)1(6)7/h2-5H,6-11,13H2,1H3;(H,6,7). The molecule has 2 heterocycles. The zero-order chi connectivity index (χ0) is 20.1. The molecule has 0 unspecified atom stereocenters. The van der Waals surface area contributed by atoms with Gasteiger partial charge in [0.2, 0.25) is 0 Å². The number of nitrogens with zero attached hydrogens (tertiary/aromatic N) is 3. The van der Waals surface area contributed by atoms with Crippen molar-refractivity contribution in [3.8, 4) is 6.07 Å². The molecule has 0 saturated carbocycles. The smallest absolute Gasteiger partial charge is 0.475 e. The third kappa shape index (κ3) is 5.34. The maximum Gasteiger partial charge on any atom is 0.490 e. The van der Waals surface area contributed by atoms with Crippen LogP contribution in [0.25, 0.3) is 0 Å². The second-order valence-electron chi connectivity index (χ2n) is 6.65. The molecule has 2 fully saturated rings. The molecule has 0 bridgehead atoms. The highest BCUT2D eigenvalue weighted by Gasteiger charge is 2.40. The van der Waals surface area contributed by atoms with Crippen molar-refractivity contribution >= 4 is 11.7 Å². The van der Waals surface area contributed by atoms with E-state index < -0.39 is 12.1 Å². The van der Waals surface area contributed by atoms with E-state index in [9.17, 15) is 13.2 Å². The molecule has 1 aromatic rings. The number of carbonyl (C=O) groups is 1. The molecule has 27 heavy (non-hydrogen) atoms. The number of nitriles is 1. The van der Waals surface area contributed by atoms with E-state index in [2.05, 4.69) is 35.0 Å². The molecule has 9 heteroatoms. The van der Waals surface area contributed by atoms with E-state index in [1.165, 1.54) is 5.69 Å². The van der Waals surface area contributed by atoms with Crippen LogP contribution in [0.2, 0.25) is 0 Å². The van der Waals surface area contributed by atoms with Gasteiger partial charge in [0.15, 0.2) is 0 Å². The van der Waals surface area contributed by atoms with E-state index >= 15 is 0 Å². The van der Waals surface area contributed by atoms with E-state index in [0.717, 1.165) is 51.3 Å². The molecule has 148 valence electrons. The van der Waals surface area contributed by atoms with Crippen LogP contribution in [0.4, 0.5) is 18.9 Å². The summed E-state index contributed by atoms with van der Waals surface area (Å²) >= 11 is 0. The number of benzene rings is 1. The van der Waals surface area contributed by atoms with Crippen LogP contribution in [0, 0.1) is 11.3 Å². The van der Waals surface area contributed by atoms with Crippen LogP contribution < -0.4 is 4.90 Å². The summed E-state index contributed by atoms with van der Waals surface area (Å²) in [6.45, 7) is 4.87. The van der Waals surface area contributed by atoms with Gasteiger partial charge in [0.05, 0.1) is 24.8 Å². The lowest BCUT2D eigenvalue weighted by Crippen LogP contribution is -2.60. The largest absolute Gasteiger partial charge is 0.490 e. The van der Waals surface area contributed by atoms with Crippen molar-refractivity contribution in [1.82, 2.24) is 4.90 Å². The molecule has 1 aromatic carbocycles. The Kier molecular flexibility index (Phi) is 6.68. The van der Waals surface area contributed by atoms with Crippen LogP contribution in [0.5, 0.6) is 0 Å². The molecule has 0 atom stereocenters. The van der Waals surface area contributed by atoms with Crippen LogP contribution in [0.3, 0.4) is 0 Å². The van der Waals surface area contributed by atoms with Gasteiger partial charge in [-0.15, -0.1) is 0 Å². The van der Waals surface area contributed by atoms with E-state index in [1.54, 1.807) is 0 Å². The first kappa shape index (κ1) is 21.0. The van der Waals surface area contributed by atoms with Gasteiger partial charge in [0, 0.05) is 30.9 Å². The highest BCUT2D eigenvalue weighted by atomic mass is 19.4. The molecule has 3 rings (SSSR count). The molecule has 2 aliphatic heterocycles. The van der Waals surface area contributed by atoms with Crippen molar-refractivity contribution < 1.29 is 27.8 Å². The van der Waals surface area contributed by atoms with Crippen molar-refractivity contribution in [2.75, 3.05) is 44.8 Å². The van der Waals surface area contributed by atoms with Crippen molar-refractivity contribution in [3.05, 3.63) is 29.8 Å². The first-order valence-electron chi connectivity index (χ1n) is 8.52. The molecule has 1 N–H and O–H groups in total. The van der Waals surface area contributed by atoms with E-state index in [1.807, 2.05) is 12.1 Å². The Bertz CT molecular complexity index is 678. The van der Waals surface area contributed by atoms with Crippen LogP contribution in [-0.2, 0) is 9.53 Å². The average molecular weight is 385 g/mol. The predicted octanol–water partition coefficient (Wildman–Crippen LogP) is 2.49. The quantitative estimate of drug-likeness (QED) is 0.801. The van der Waals surface area contributed by atoms with Gasteiger partial charge < -0.3 is 14.7 Å². The third-order valence-electron chi connectivity index (χ3n) is 5.05. The van der Waals surface area contributed by atoms with Gasteiger partial charge in [-0.1, -0.05) is 0 Å². The monoisotopic (exact) mass is 385 g/mol. The van der Waals surface area contributed by atoms with Gasteiger partial charge in [-0.05, 0) is 44.2 Å². The Morgan fingerprint density at radius 3 is 2.22 bits per heavy atom. The SMILES string of the molecule is CN1CCOCC12CCN(c1ccc(C#N)cc1)CC2.O=C(O)C(F)(F)F. The minimum Gasteiger partial charge on any atom is -0.475 e. The van der Waals surface area contributed by atoms with Gasteiger partial charge in [-0.2, -0.15) is 18.4 Å². The Morgan fingerprint density at radius 2 is 1.78 bits per heavy atom. The number of alkyl halides is 3. The topological polar surface area (TPSA) is 76.8 Å².